The molecular formula is C22H27N3O2. The Morgan fingerprint density at radius 2 is 1.70 bits per heavy atom. The summed E-state index contributed by atoms with van der Waals surface area (Å²) in [5.74, 6) is -0.0211. The Kier molecular flexibility index (Phi) is 5.49. The topological polar surface area (TPSA) is 52.7 Å². The Bertz CT molecular complexity index is 819. The van der Waals surface area contributed by atoms with Gasteiger partial charge in [0.1, 0.15) is 5.54 Å². The Labute approximate surface area is 161 Å². The van der Waals surface area contributed by atoms with Crippen molar-refractivity contribution in [3.8, 4) is 0 Å². The molecule has 2 amide bonds. The number of hydrogen-bond acceptors (Lipinski definition) is 3. The zero-order valence-electron chi connectivity index (χ0n) is 16.2. The number of likely N-dealkylation sites (N-methyl/N-ethyl adjacent to an activating group) is 1. The summed E-state index contributed by atoms with van der Waals surface area (Å²) in [5, 5.41) is 3.44. The number of anilines is 1. The molecular weight excluding hydrogens is 338 g/mol. The minimum Gasteiger partial charge on any atom is -0.370 e. The summed E-state index contributed by atoms with van der Waals surface area (Å²) in [6.45, 7) is 2.95. The molecule has 2 aromatic rings. The molecule has 0 spiro atoms. The third-order valence-electron chi connectivity index (χ3n) is 5.13. The van der Waals surface area contributed by atoms with E-state index >= 15 is 0 Å². The number of rotatable bonds is 4. The monoisotopic (exact) mass is 365 g/mol. The molecule has 5 heteroatoms. The molecule has 0 bridgehead atoms. The minimum absolute atomic E-state index is 0.00589. The molecule has 5 nitrogen and oxygen atoms in total. The smallest absolute Gasteiger partial charge is 0.254 e. The maximum Gasteiger partial charge on any atom is 0.254 e. The molecule has 1 N–H and O–H groups in total. The van der Waals surface area contributed by atoms with Crippen LogP contribution in [0.15, 0.2) is 54.6 Å². The van der Waals surface area contributed by atoms with Crippen LogP contribution in [0.2, 0.25) is 0 Å². The first-order chi connectivity index (χ1) is 12.9. The second-order valence-corrected chi connectivity index (χ2v) is 7.42. The quantitative estimate of drug-likeness (QED) is 0.905. The van der Waals surface area contributed by atoms with Gasteiger partial charge in [0.05, 0.1) is 6.54 Å². The van der Waals surface area contributed by atoms with E-state index in [1.807, 2.05) is 66.4 Å². The number of para-hydroxylation sites is 1. The van der Waals surface area contributed by atoms with Crippen molar-refractivity contribution in [2.45, 2.75) is 25.3 Å². The van der Waals surface area contributed by atoms with Crippen LogP contribution in [0.3, 0.4) is 0 Å². The molecule has 1 atom stereocenters. The summed E-state index contributed by atoms with van der Waals surface area (Å²) in [6.07, 6.45) is 1.47. The largest absolute Gasteiger partial charge is 0.370 e. The molecule has 1 heterocycles. The van der Waals surface area contributed by atoms with Gasteiger partial charge in [-0.15, -0.1) is 0 Å². The Morgan fingerprint density at radius 1 is 1.04 bits per heavy atom. The predicted octanol–water partition coefficient (Wildman–Crippen LogP) is 3.17. The van der Waals surface area contributed by atoms with Gasteiger partial charge in [0.15, 0.2) is 0 Å². The number of piperidine rings is 1. The van der Waals surface area contributed by atoms with Crippen LogP contribution in [0.4, 0.5) is 5.69 Å². The van der Waals surface area contributed by atoms with E-state index in [0.29, 0.717) is 25.1 Å². The van der Waals surface area contributed by atoms with Gasteiger partial charge >= 0.3 is 0 Å². The Morgan fingerprint density at radius 3 is 2.37 bits per heavy atom. The Hall–Kier alpha value is -2.82. The molecule has 27 heavy (non-hydrogen) atoms. The molecule has 0 radical (unpaired) electrons. The first kappa shape index (κ1) is 19.0. The van der Waals surface area contributed by atoms with Gasteiger partial charge in [-0.2, -0.15) is 0 Å². The lowest BCUT2D eigenvalue weighted by Gasteiger charge is -2.44. The molecule has 0 saturated carbocycles. The highest BCUT2D eigenvalue weighted by Crippen LogP contribution is 2.29. The van der Waals surface area contributed by atoms with Gasteiger partial charge in [0.25, 0.3) is 5.91 Å². The van der Waals surface area contributed by atoms with Gasteiger partial charge in [0.2, 0.25) is 5.91 Å². The number of hydrogen-bond donors (Lipinski definition) is 1. The summed E-state index contributed by atoms with van der Waals surface area (Å²) >= 11 is 0. The number of aryl methyl sites for hydroxylation is 1. The first-order valence-corrected chi connectivity index (χ1v) is 9.33. The average Bonchev–Trinajstić information content (AvgIpc) is 2.68. The molecule has 2 aromatic carbocycles. The van der Waals surface area contributed by atoms with Crippen molar-refractivity contribution in [3.63, 3.8) is 0 Å². The van der Waals surface area contributed by atoms with Crippen LogP contribution in [0.5, 0.6) is 0 Å². The summed E-state index contributed by atoms with van der Waals surface area (Å²) in [6, 6.07) is 17.3. The number of amides is 2. The SMILES string of the molecule is Cc1ccccc1C(=O)N1CCCC(Nc2ccccc2)(C(=O)N(C)C)C1. The number of carbonyl (C=O) groups excluding carboxylic acids is 2. The first-order valence-electron chi connectivity index (χ1n) is 9.33. The van der Waals surface area contributed by atoms with Crippen molar-refractivity contribution >= 4 is 17.5 Å². The number of carbonyl (C=O) groups is 2. The van der Waals surface area contributed by atoms with Crippen molar-refractivity contribution in [1.29, 1.82) is 0 Å². The van der Waals surface area contributed by atoms with Crippen LogP contribution in [0, 0.1) is 6.92 Å². The highest BCUT2D eigenvalue weighted by atomic mass is 16.2. The molecule has 1 saturated heterocycles. The summed E-state index contributed by atoms with van der Waals surface area (Å²) < 4.78 is 0. The predicted molar refractivity (Wildman–Crippen MR) is 108 cm³/mol. The Balaban J connectivity index is 1.91. The summed E-state index contributed by atoms with van der Waals surface area (Å²) in [7, 11) is 3.53. The van der Waals surface area contributed by atoms with E-state index in [9.17, 15) is 9.59 Å². The maximum absolute atomic E-state index is 13.1. The molecule has 1 aliphatic heterocycles. The van der Waals surface area contributed by atoms with Crippen molar-refractivity contribution in [2.24, 2.45) is 0 Å². The zero-order chi connectivity index (χ0) is 19.4. The zero-order valence-corrected chi connectivity index (χ0v) is 16.2. The lowest BCUT2D eigenvalue weighted by Crippen LogP contribution is -2.62. The van der Waals surface area contributed by atoms with Crippen LogP contribution in [0.1, 0.15) is 28.8 Å². The van der Waals surface area contributed by atoms with Gasteiger partial charge in [0, 0.05) is 31.9 Å². The van der Waals surface area contributed by atoms with Gasteiger partial charge in [-0.3, -0.25) is 9.59 Å². The molecule has 3 rings (SSSR count). The number of benzene rings is 2. The third kappa shape index (κ3) is 3.97. The van der Waals surface area contributed by atoms with Crippen molar-refractivity contribution in [3.05, 3.63) is 65.7 Å². The van der Waals surface area contributed by atoms with E-state index in [2.05, 4.69) is 5.32 Å². The lowest BCUT2D eigenvalue weighted by molar-refractivity contribution is -0.135. The lowest BCUT2D eigenvalue weighted by atomic mass is 9.86. The van der Waals surface area contributed by atoms with Crippen LogP contribution in [-0.2, 0) is 4.79 Å². The highest BCUT2D eigenvalue weighted by Gasteiger charge is 2.44. The van der Waals surface area contributed by atoms with Gasteiger partial charge in [-0.1, -0.05) is 36.4 Å². The van der Waals surface area contributed by atoms with E-state index in [4.69, 9.17) is 0 Å². The van der Waals surface area contributed by atoms with Gasteiger partial charge < -0.3 is 15.1 Å². The minimum atomic E-state index is -0.818. The average molecular weight is 365 g/mol. The van der Waals surface area contributed by atoms with Gasteiger partial charge in [-0.25, -0.2) is 0 Å². The molecule has 142 valence electrons. The second-order valence-electron chi connectivity index (χ2n) is 7.42. The van der Waals surface area contributed by atoms with Crippen LogP contribution in [0.25, 0.3) is 0 Å². The number of nitrogens with zero attached hydrogens (tertiary/aromatic N) is 2. The van der Waals surface area contributed by atoms with E-state index in [1.165, 1.54) is 0 Å². The fourth-order valence-corrected chi connectivity index (χ4v) is 3.77. The fourth-order valence-electron chi connectivity index (χ4n) is 3.77. The molecule has 0 aromatic heterocycles. The molecule has 1 fully saturated rings. The van der Waals surface area contributed by atoms with Crippen LogP contribution >= 0.6 is 0 Å². The van der Waals surface area contributed by atoms with E-state index in [0.717, 1.165) is 17.7 Å². The van der Waals surface area contributed by atoms with Crippen LogP contribution in [-0.4, -0.2) is 54.3 Å². The maximum atomic E-state index is 13.1. The third-order valence-corrected chi connectivity index (χ3v) is 5.13. The second kappa shape index (κ2) is 7.82. The number of likely N-dealkylation sites (tertiary alicyclic amines) is 1. The highest BCUT2D eigenvalue weighted by molar-refractivity contribution is 5.97. The molecule has 0 aliphatic carbocycles. The standard InChI is InChI=1S/C22H27N3O2/c1-17-10-7-8-13-19(17)20(26)25-15-9-14-22(16-25,21(27)24(2)3)23-18-11-5-4-6-12-18/h4-8,10-13,23H,9,14-16H2,1-3H3. The van der Waals surface area contributed by atoms with E-state index < -0.39 is 5.54 Å². The summed E-state index contributed by atoms with van der Waals surface area (Å²) in [4.78, 5) is 29.7. The fraction of sp³-hybridized carbons (Fsp3) is 0.364. The van der Waals surface area contributed by atoms with Crippen LogP contribution < -0.4 is 5.32 Å². The van der Waals surface area contributed by atoms with Crippen molar-refractivity contribution in [1.82, 2.24) is 9.80 Å². The molecule has 1 unspecified atom stereocenters. The van der Waals surface area contributed by atoms with E-state index in [-0.39, 0.29) is 11.8 Å². The van der Waals surface area contributed by atoms with Crippen molar-refractivity contribution < 1.29 is 9.59 Å². The van der Waals surface area contributed by atoms with E-state index in [1.54, 1.807) is 19.0 Å². The normalized spacial score (nSPS) is 19.4. The number of nitrogens with one attached hydrogen (secondary N) is 1. The summed E-state index contributed by atoms with van der Waals surface area (Å²) in [5.41, 5.74) is 1.72. The van der Waals surface area contributed by atoms with Gasteiger partial charge in [-0.05, 0) is 43.5 Å². The molecule has 1 aliphatic rings. The van der Waals surface area contributed by atoms with Crippen molar-refractivity contribution in [2.75, 3.05) is 32.5 Å².